The van der Waals surface area contributed by atoms with Gasteiger partial charge in [0.15, 0.2) is 6.61 Å². The highest BCUT2D eigenvalue weighted by molar-refractivity contribution is 5.78. The largest absolute Gasteiger partial charge is 0.495 e. The molecular formula is C33H39FN2O4. The predicted molar refractivity (Wildman–Crippen MR) is 155 cm³/mol. The predicted octanol–water partition coefficient (Wildman–Crippen LogP) is 6.08. The van der Waals surface area contributed by atoms with E-state index >= 15 is 0 Å². The number of nitrogens with zero attached hydrogens (tertiary/aromatic N) is 2. The maximum absolute atomic E-state index is 14.5. The number of amides is 1. The normalized spacial score (nSPS) is 21.4. The second-order valence-electron chi connectivity index (χ2n) is 11.0. The Hall–Kier alpha value is -3.58. The summed E-state index contributed by atoms with van der Waals surface area (Å²) in [7, 11) is 1.68. The number of rotatable bonds is 8. The Labute approximate surface area is 236 Å². The molecule has 7 heteroatoms. The van der Waals surface area contributed by atoms with Gasteiger partial charge in [0.2, 0.25) is 0 Å². The minimum Gasteiger partial charge on any atom is -0.495 e. The fourth-order valence-electron chi connectivity index (χ4n) is 5.96. The van der Waals surface area contributed by atoms with Crippen LogP contribution in [-0.4, -0.2) is 57.3 Å². The number of piperazine rings is 1. The van der Waals surface area contributed by atoms with E-state index in [1.165, 1.54) is 6.07 Å². The van der Waals surface area contributed by atoms with E-state index in [-0.39, 0.29) is 36.3 Å². The first-order valence-corrected chi connectivity index (χ1v) is 14.2. The van der Waals surface area contributed by atoms with Crippen LogP contribution in [0.5, 0.6) is 11.5 Å². The minimum atomic E-state index is -0.168. The summed E-state index contributed by atoms with van der Waals surface area (Å²) in [6.07, 6.45) is 0.749. The SMILES string of the molecule is COc1ccccc1N1CCN(C(=O)COc2cccc([C@@H]3OC[C@@H](c4ccccc4F)C[C@H]3C(C)C)c2)CC1. The van der Waals surface area contributed by atoms with Crippen LogP contribution in [0.2, 0.25) is 0 Å². The van der Waals surface area contributed by atoms with E-state index in [2.05, 4.69) is 24.8 Å². The molecule has 2 fully saturated rings. The number of anilines is 1. The van der Waals surface area contributed by atoms with Crippen LogP contribution in [0.15, 0.2) is 72.8 Å². The van der Waals surface area contributed by atoms with Gasteiger partial charge in [-0.1, -0.05) is 56.3 Å². The van der Waals surface area contributed by atoms with Gasteiger partial charge in [-0.3, -0.25) is 4.79 Å². The summed E-state index contributed by atoms with van der Waals surface area (Å²) < 4.78 is 32.3. The van der Waals surface area contributed by atoms with Crippen LogP contribution < -0.4 is 14.4 Å². The highest BCUT2D eigenvalue weighted by Crippen LogP contribution is 2.44. The molecule has 2 aliphatic rings. The quantitative estimate of drug-likeness (QED) is 0.343. The van der Waals surface area contributed by atoms with Crippen LogP contribution in [0, 0.1) is 17.7 Å². The third-order valence-electron chi connectivity index (χ3n) is 8.23. The summed E-state index contributed by atoms with van der Waals surface area (Å²) in [5, 5.41) is 0. The molecule has 0 saturated carbocycles. The number of ether oxygens (including phenoxy) is 3. The molecule has 2 aliphatic heterocycles. The molecule has 0 bridgehead atoms. The average molecular weight is 547 g/mol. The lowest BCUT2D eigenvalue weighted by molar-refractivity contribution is -0.133. The first-order valence-electron chi connectivity index (χ1n) is 14.2. The molecule has 3 aromatic rings. The second kappa shape index (κ2) is 12.7. The van der Waals surface area contributed by atoms with Crippen LogP contribution >= 0.6 is 0 Å². The van der Waals surface area contributed by atoms with Gasteiger partial charge in [-0.25, -0.2) is 4.39 Å². The Morgan fingerprint density at radius 1 is 1.00 bits per heavy atom. The Morgan fingerprint density at radius 2 is 1.75 bits per heavy atom. The fourth-order valence-corrected chi connectivity index (χ4v) is 5.96. The van der Waals surface area contributed by atoms with E-state index in [1.54, 1.807) is 13.2 Å². The average Bonchev–Trinajstić information content (AvgIpc) is 3.00. The number of hydrogen-bond donors (Lipinski definition) is 0. The summed E-state index contributed by atoms with van der Waals surface area (Å²) in [6.45, 7) is 7.60. The Kier molecular flexibility index (Phi) is 8.90. The van der Waals surface area contributed by atoms with Crippen molar-refractivity contribution in [1.29, 1.82) is 0 Å². The zero-order valence-corrected chi connectivity index (χ0v) is 23.6. The van der Waals surface area contributed by atoms with Crippen LogP contribution in [0.4, 0.5) is 10.1 Å². The van der Waals surface area contributed by atoms with Crippen molar-refractivity contribution in [3.63, 3.8) is 0 Å². The van der Waals surface area contributed by atoms with Gasteiger partial charge >= 0.3 is 0 Å². The monoisotopic (exact) mass is 546 g/mol. The van der Waals surface area contributed by atoms with Gasteiger partial charge in [-0.15, -0.1) is 0 Å². The lowest BCUT2D eigenvalue weighted by atomic mass is 9.76. The Bertz CT molecular complexity index is 1290. The smallest absolute Gasteiger partial charge is 0.260 e. The van der Waals surface area contributed by atoms with Crippen LogP contribution in [0.1, 0.15) is 43.4 Å². The fraction of sp³-hybridized carbons (Fsp3) is 0.424. The van der Waals surface area contributed by atoms with Crippen molar-refractivity contribution in [3.8, 4) is 11.5 Å². The molecule has 0 N–H and O–H groups in total. The van der Waals surface area contributed by atoms with Gasteiger partial charge in [-0.05, 0) is 59.7 Å². The van der Waals surface area contributed by atoms with Crippen LogP contribution in [0.3, 0.4) is 0 Å². The van der Waals surface area contributed by atoms with Crippen LogP contribution in [0.25, 0.3) is 0 Å². The summed E-state index contributed by atoms with van der Waals surface area (Å²) in [4.78, 5) is 17.1. The summed E-state index contributed by atoms with van der Waals surface area (Å²) in [5.41, 5.74) is 2.81. The molecule has 2 saturated heterocycles. The third-order valence-corrected chi connectivity index (χ3v) is 8.23. The second-order valence-corrected chi connectivity index (χ2v) is 11.0. The number of methoxy groups -OCH3 is 1. The van der Waals surface area contributed by atoms with Gasteiger partial charge in [0.05, 0.1) is 25.5 Å². The first kappa shape index (κ1) is 28.0. The lowest BCUT2D eigenvalue weighted by Crippen LogP contribution is -2.50. The van der Waals surface area contributed by atoms with Gasteiger partial charge < -0.3 is 24.0 Å². The summed E-state index contributed by atoms with van der Waals surface area (Å²) in [6, 6.07) is 22.8. The molecule has 3 atom stereocenters. The molecule has 1 amide bonds. The molecule has 40 heavy (non-hydrogen) atoms. The third kappa shape index (κ3) is 6.25. The van der Waals surface area contributed by atoms with Gasteiger partial charge in [0.25, 0.3) is 5.91 Å². The molecule has 3 aromatic carbocycles. The number of carbonyl (C=O) groups is 1. The Balaban J connectivity index is 1.18. The topological polar surface area (TPSA) is 51.2 Å². The van der Waals surface area contributed by atoms with Gasteiger partial charge in [-0.2, -0.15) is 0 Å². The zero-order valence-electron chi connectivity index (χ0n) is 23.6. The molecule has 6 nitrogen and oxygen atoms in total. The number of para-hydroxylation sites is 2. The van der Waals surface area contributed by atoms with E-state index in [1.807, 2.05) is 59.5 Å². The first-order chi connectivity index (χ1) is 19.4. The van der Waals surface area contributed by atoms with Crippen molar-refractivity contribution < 1.29 is 23.4 Å². The highest BCUT2D eigenvalue weighted by Gasteiger charge is 2.36. The molecule has 5 rings (SSSR count). The van der Waals surface area contributed by atoms with E-state index in [4.69, 9.17) is 14.2 Å². The molecule has 212 valence electrons. The number of halogens is 1. The summed E-state index contributed by atoms with van der Waals surface area (Å²) in [5.74, 6) is 1.93. The standard InChI is InChI=1S/C33H39FN2O4/c1-23(2)28-20-25(27-11-4-5-12-29(27)34)21-40-33(28)24-9-8-10-26(19-24)39-22-32(37)36-17-15-35(16-18-36)30-13-6-7-14-31(30)38-3/h4-14,19,23,25,28,33H,15-18,20-22H2,1-3H3/t25-,28-,33-/m0/s1. The highest BCUT2D eigenvalue weighted by atomic mass is 19.1. The van der Waals surface area contributed by atoms with Crippen molar-refractivity contribution in [2.75, 3.05) is 51.4 Å². The molecule has 0 spiro atoms. The Morgan fingerprint density at radius 3 is 2.50 bits per heavy atom. The molecule has 0 unspecified atom stereocenters. The van der Waals surface area contributed by atoms with E-state index in [0.717, 1.165) is 42.1 Å². The van der Waals surface area contributed by atoms with Crippen molar-refractivity contribution in [1.82, 2.24) is 4.90 Å². The molecule has 0 aliphatic carbocycles. The molecule has 2 heterocycles. The van der Waals surface area contributed by atoms with Gasteiger partial charge in [0, 0.05) is 32.1 Å². The molecule has 0 radical (unpaired) electrons. The minimum absolute atomic E-state index is 0.00734. The van der Waals surface area contributed by atoms with Crippen molar-refractivity contribution in [3.05, 3.63) is 89.7 Å². The maximum Gasteiger partial charge on any atom is 0.260 e. The molecule has 0 aromatic heterocycles. The van der Waals surface area contributed by atoms with Gasteiger partial charge in [0.1, 0.15) is 17.3 Å². The number of carbonyl (C=O) groups excluding carboxylic acids is 1. The van der Waals surface area contributed by atoms with E-state index in [0.29, 0.717) is 31.4 Å². The van der Waals surface area contributed by atoms with Crippen LogP contribution in [-0.2, 0) is 9.53 Å². The lowest BCUT2D eigenvalue weighted by Gasteiger charge is -2.39. The summed E-state index contributed by atoms with van der Waals surface area (Å²) >= 11 is 0. The number of benzene rings is 3. The van der Waals surface area contributed by atoms with Crippen molar-refractivity contribution in [2.45, 2.75) is 32.3 Å². The zero-order chi connectivity index (χ0) is 28.1. The molecular weight excluding hydrogens is 507 g/mol. The number of hydrogen-bond acceptors (Lipinski definition) is 5. The van der Waals surface area contributed by atoms with E-state index < -0.39 is 0 Å². The maximum atomic E-state index is 14.5. The van der Waals surface area contributed by atoms with E-state index in [9.17, 15) is 9.18 Å². The van der Waals surface area contributed by atoms with Crippen molar-refractivity contribution >= 4 is 11.6 Å². The van der Waals surface area contributed by atoms with Crippen molar-refractivity contribution in [2.24, 2.45) is 11.8 Å².